The number of aliphatic hydroxyl groups is 1. The molecule has 1 aromatic heterocycles. The summed E-state index contributed by atoms with van der Waals surface area (Å²) in [6.45, 7) is 8.07. The Balaban J connectivity index is 0.000000225. The van der Waals surface area contributed by atoms with Crippen molar-refractivity contribution in [2.75, 3.05) is 0 Å². The third-order valence-electron chi connectivity index (χ3n) is 10.8. The number of aryl methyl sites for hydroxylation is 2. The smallest absolute Gasteiger partial charge is 0.162 e. The molecule has 3 nitrogen and oxygen atoms in total. The maximum Gasteiger partial charge on any atom is 0.162 e. The van der Waals surface area contributed by atoms with Gasteiger partial charge in [-0.25, -0.2) is 0 Å². The number of aliphatic hydroxyl groups excluding tert-OH is 1. The van der Waals surface area contributed by atoms with Crippen molar-refractivity contribution in [1.29, 1.82) is 0 Å². The van der Waals surface area contributed by atoms with Crippen LogP contribution in [0.25, 0.3) is 22.0 Å². The Morgan fingerprint density at radius 3 is 2.11 bits per heavy atom. The van der Waals surface area contributed by atoms with Crippen LogP contribution in [0.4, 0.5) is 0 Å². The predicted octanol–water partition coefficient (Wildman–Crippen LogP) is 9.94. The molecule has 3 aliphatic rings. The van der Waals surface area contributed by atoms with E-state index in [-0.39, 0.29) is 43.5 Å². The Kier molecular flexibility index (Phi) is 11.0. The Morgan fingerprint density at radius 2 is 1.43 bits per heavy atom. The van der Waals surface area contributed by atoms with E-state index in [1.165, 1.54) is 77.6 Å². The van der Waals surface area contributed by atoms with Crippen molar-refractivity contribution in [3.63, 3.8) is 0 Å². The number of ketones is 1. The van der Waals surface area contributed by atoms with Gasteiger partial charge in [0.25, 0.3) is 0 Å². The Morgan fingerprint density at radius 1 is 0.826 bits per heavy atom. The van der Waals surface area contributed by atoms with Gasteiger partial charge in [-0.15, -0.1) is 28.6 Å². The zero-order valence-electron chi connectivity index (χ0n) is 27.9. The van der Waals surface area contributed by atoms with Gasteiger partial charge in [-0.2, -0.15) is 0 Å². The molecule has 0 unspecified atom stereocenters. The number of nitrogens with zero attached hydrogens (tertiary/aromatic N) is 1. The first-order valence-corrected chi connectivity index (χ1v) is 17.3. The number of hydrogen-bond donors (Lipinski definition) is 1. The van der Waals surface area contributed by atoms with E-state index in [1.54, 1.807) is 16.7 Å². The van der Waals surface area contributed by atoms with Gasteiger partial charge in [-0.05, 0) is 98.3 Å². The van der Waals surface area contributed by atoms with E-state index in [9.17, 15) is 9.90 Å². The maximum atomic E-state index is 11.7. The van der Waals surface area contributed by atoms with Gasteiger partial charge >= 0.3 is 0 Å². The van der Waals surface area contributed by atoms with Crippen LogP contribution in [0.2, 0.25) is 0 Å². The van der Waals surface area contributed by atoms with Gasteiger partial charge < -0.3 is 5.11 Å². The Bertz CT molecular complexity index is 1700. The van der Waals surface area contributed by atoms with E-state index in [0.717, 1.165) is 37.8 Å². The van der Waals surface area contributed by atoms with Crippen LogP contribution in [0.15, 0.2) is 72.6 Å². The normalized spacial score (nSPS) is 15.8. The number of benzene rings is 3. The molecule has 1 heterocycles. The summed E-state index contributed by atoms with van der Waals surface area (Å²) in [6.07, 6.45) is 15.4. The summed E-state index contributed by atoms with van der Waals surface area (Å²) in [6, 6.07) is 24.1. The molecule has 4 aromatic rings. The molecule has 243 valence electrons. The molecule has 46 heavy (non-hydrogen) atoms. The number of fused-ring (bicyclic) bond motifs is 5. The van der Waals surface area contributed by atoms with Gasteiger partial charge in [0.05, 0.1) is 5.76 Å². The van der Waals surface area contributed by atoms with Crippen molar-refractivity contribution in [3.8, 4) is 11.3 Å². The minimum absolute atomic E-state index is 0. The second-order valence-electron chi connectivity index (χ2n) is 13.7. The molecule has 0 saturated heterocycles. The first-order valence-electron chi connectivity index (χ1n) is 17.3. The molecule has 0 amide bonds. The molecular weight excluding hydrogens is 743 g/mol. The van der Waals surface area contributed by atoms with Crippen LogP contribution in [-0.4, -0.2) is 15.9 Å². The fraction of sp³-hybridized carbons (Fsp3) is 0.429. The van der Waals surface area contributed by atoms with E-state index in [0.29, 0.717) is 5.41 Å². The number of carbonyl (C=O) groups is 1. The number of aromatic nitrogens is 1. The average Bonchev–Trinajstić information content (AvgIpc) is 3.77. The van der Waals surface area contributed by atoms with Crippen LogP contribution in [0, 0.1) is 23.3 Å². The quantitative estimate of drug-likeness (QED) is 0.110. The third kappa shape index (κ3) is 6.80. The molecule has 0 saturated carbocycles. The topological polar surface area (TPSA) is 50.2 Å². The van der Waals surface area contributed by atoms with E-state index in [2.05, 4.69) is 66.9 Å². The number of carbonyl (C=O) groups excluding carboxylic acids is 1. The summed E-state index contributed by atoms with van der Waals surface area (Å²) < 4.78 is 0. The summed E-state index contributed by atoms with van der Waals surface area (Å²) in [7, 11) is 0. The summed E-state index contributed by atoms with van der Waals surface area (Å²) in [5.41, 5.74) is 11.8. The van der Waals surface area contributed by atoms with E-state index < -0.39 is 0 Å². The summed E-state index contributed by atoms with van der Waals surface area (Å²) >= 11 is 0. The van der Waals surface area contributed by atoms with Gasteiger partial charge in [0.1, 0.15) is 0 Å². The molecule has 1 spiro atoms. The molecule has 0 bridgehead atoms. The molecule has 3 aromatic carbocycles. The van der Waals surface area contributed by atoms with Crippen LogP contribution in [-0.2, 0) is 63.4 Å². The monoisotopic (exact) mass is 791 g/mol. The fourth-order valence-corrected chi connectivity index (χ4v) is 8.20. The predicted molar refractivity (Wildman–Crippen MR) is 186 cm³/mol. The standard InChI is InChI=1S/C29H24N.C13H24O2.Ir/c1-2-8-22-15-29(14-21(22)7-1)16-26-24-11-4-3-6-20(24)12-25(27(26)17-29)28-13-19-9-5-10-23(19)18-30-28;1-5-10(6-2)12(14)9-13(15)11(7-3)8-4;/h1-4,6-8,11,13,18H,5,9-10,14-17H2;9-11,14H,5-8H2,1-4H3;/q-1;;/b;12-9-;. The minimum atomic E-state index is 0. The average molecular weight is 791 g/mol. The van der Waals surface area contributed by atoms with Gasteiger partial charge in [-0.3, -0.25) is 9.78 Å². The van der Waals surface area contributed by atoms with Crippen molar-refractivity contribution < 1.29 is 30.0 Å². The number of rotatable bonds is 8. The fourth-order valence-electron chi connectivity index (χ4n) is 8.20. The van der Waals surface area contributed by atoms with Crippen molar-refractivity contribution in [3.05, 3.63) is 112 Å². The zero-order valence-corrected chi connectivity index (χ0v) is 30.3. The number of hydrogen-bond acceptors (Lipinski definition) is 3. The molecule has 0 atom stereocenters. The first-order chi connectivity index (χ1) is 21.9. The molecule has 1 radical (unpaired) electrons. The number of allylic oxidation sites excluding steroid dienone is 2. The second kappa shape index (κ2) is 14.8. The van der Waals surface area contributed by atoms with Crippen LogP contribution < -0.4 is 0 Å². The van der Waals surface area contributed by atoms with Crippen molar-refractivity contribution in [2.24, 2.45) is 17.3 Å². The van der Waals surface area contributed by atoms with Crippen molar-refractivity contribution >= 4 is 16.6 Å². The summed E-state index contributed by atoms with van der Waals surface area (Å²) in [5, 5.41) is 12.4. The number of pyridine rings is 1. The van der Waals surface area contributed by atoms with Crippen molar-refractivity contribution in [2.45, 2.75) is 98.3 Å². The Hall–Kier alpha value is -3.07. The summed E-state index contributed by atoms with van der Waals surface area (Å²) in [5.74, 6) is 0.547. The van der Waals surface area contributed by atoms with Crippen LogP contribution >= 0.6 is 0 Å². The first kappa shape index (κ1) is 34.3. The molecule has 7 rings (SSSR count). The van der Waals surface area contributed by atoms with Crippen LogP contribution in [0.5, 0.6) is 0 Å². The molecule has 1 N–H and O–H groups in total. The second-order valence-corrected chi connectivity index (χ2v) is 13.7. The zero-order chi connectivity index (χ0) is 31.6. The molecule has 4 heteroatoms. The van der Waals surface area contributed by atoms with Gasteiger partial charge in [0, 0.05) is 49.9 Å². The van der Waals surface area contributed by atoms with Gasteiger partial charge in [0.15, 0.2) is 5.78 Å². The minimum Gasteiger partial charge on any atom is -0.512 e. The van der Waals surface area contributed by atoms with Crippen LogP contribution in [0.3, 0.4) is 0 Å². The molecular formula is C42H48IrNO2-. The molecule has 0 aliphatic heterocycles. The van der Waals surface area contributed by atoms with Gasteiger partial charge in [0.2, 0.25) is 0 Å². The van der Waals surface area contributed by atoms with Crippen molar-refractivity contribution in [1.82, 2.24) is 4.98 Å². The third-order valence-corrected chi connectivity index (χ3v) is 10.8. The molecule has 0 fully saturated rings. The summed E-state index contributed by atoms with van der Waals surface area (Å²) in [4.78, 5) is 16.6. The largest absolute Gasteiger partial charge is 0.512 e. The van der Waals surface area contributed by atoms with E-state index in [1.807, 2.05) is 27.7 Å². The maximum absolute atomic E-state index is 11.7. The Labute approximate surface area is 289 Å². The van der Waals surface area contributed by atoms with E-state index in [4.69, 9.17) is 4.98 Å². The SMILES string of the molecule is CCC(CC)C(=O)/C=C(\O)C(CC)CC.[Ir].[c-]1c(-c2cc3c(cn2)CCC3)c2c(c3ccccc13)CC1(Cc3ccccc3C1)C2. The van der Waals surface area contributed by atoms with Crippen LogP contribution in [0.1, 0.15) is 93.2 Å². The molecule has 3 aliphatic carbocycles. The van der Waals surface area contributed by atoms with Gasteiger partial charge in [-0.1, -0.05) is 87.2 Å². The van der Waals surface area contributed by atoms with E-state index >= 15 is 0 Å².